The van der Waals surface area contributed by atoms with Crippen molar-refractivity contribution in [3.63, 3.8) is 0 Å². The van der Waals surface area contributed by atoms with Crippen LogP contribution in [0.2, 0.25) is 0 Å². The minimum atomic E-state index is -0.0959. The Bertz CT molecular complexity index is 713. The lowest BCUT2D eigenvalue weighted by atomic mass is 10.1. The normalized spacial score (nSPS) is 12.9. The molecule has 0 aromatic rings. The second-order valence-corrected chi connectivity index (χ2v) is 22.6. The smallest absolute Gasteiger partial charge is 0.307 e. The van der Waals surface area contributed by atoms with Crippen molar-refractivity contribution < 1.29 is 19.1 Å². The van der Waals surface area contributed by atoms with Crippen molar-refractivity contribution in [2.75, 3.05) is 63.3 Å². The number of unbranched alkanes of at least 4 members (excludes halogenated alkanes) is 14. The Morgan fingerprint density at radius 3 is 1.18 bits per heavy atom. The molecule has 0 aliphatic carbocycles. The van der Waals surface area contributed by atoms with Gasteiger partial charge >= 0.3 is 11.9 Å². The van der Waals surface area contributed by atoms with Crippen molar-refractivity contribution in [1.82, 2.24) is 9.80 Å². The molecule has 0 rings (SSSR count). The fourth-order valence-corrected chi connectivity index (χ4v) is 13.4. The van der Waals surface area contributed by atoms with E-state index in [0.717, 1.165) is 43.9 Å². The van der Waals surface area contributed by atoms with Gasteiger partial charge in [-0.1, -0.05) is 161 Å². The van der Waals surface area contributed by atoms with Gasteiger partial charge < -0.3 is 19.3 Å². The van der Waals surface area contributed by atoms with Crippen LogP contribution in [0.5, 0.6) is 0 Å². The first kappa shape index (κ1) is 52.0. The average molecular weight is 831 g/mol. The first-order chi connectivity index (χ1) is 24.9. The van der Waals surface area contributed by atoms with Crippen LogP contribution in [0, 0.1) is 0 Å². The molecule has 51 heavy (non-hydrogen) atoms. The number of carbonyl (C=O) groups excluding carboxylic acids is 2. The van der Waals surface area contributed by atoms with Crippen LogP contribution in [-0.4, -0.2) is 97.2 Å². The Balaban J connectivity index is 3.82. The molecule has 0 bridgehead atoms. The third-order valence-corrected chi connectivity index (χ3v) is 17.6. The molecule has 2 atom stereocenters. The lowest BCUT2D eigenvalue weighted by molar-refractivity contribution is -0.149. The number of ether oxygens (including phenoxy) is 2. The zero-order chi connectivity index (χ0) is 37.6. The molecule has 0 heterocycles. The second kappa shape index (κ2) is 40.6. The van der Waals surface area contributed by atoms with E-state index < -0.39 is 0 Å². The lowest BCUT2D eigenvalue weighted by Gasteiger charge is -2.21. The Labute approximate surface area is 339 Å². The summed E-state index contributed by atoms with van der Waals surface area (Å²) in [6, 6.07) is 0. The number of esters is 2. The van der Waals surface area contributed by atoms with Gasteiger partial charge in [0.2, 0.25) is 0 Å². The van der Waals surface area contributed by atoms with E-state index in [-0.39, 0.29) is 24.1 Å². The molecule has 12 heteroatoms. The van der Waals surface area contributed by atoms with Crippen LogP contribution in [-0.2, 0) is 19.1 Å². The van der Waals surface area contributed by atoms with Crippen LogP contribution in [0.3, 0.4) is 0 Å². The van der Waals surface area contributed by atoms with Gasteiger partial charge in [0.05, 0.1) is 12.8 Å². The summed E-state index contributed by atoms with van der Waals surface area (Å²) in [7, 11) is 15.3. The van der Waals surface area contributed by atoms with E-state index in [0.29, 0.717) is 25.9 Å². The SMILES string of the molecule is CCCCCCCCCCSSSCC(CC)OC(=O)CCN(C)CCCN(C)CCC(=O)OC(CC)CSSSCCCCCCCCCC. The minimum Gasteiger partial charge on any atom is -0.461 e. The molecule has 0 fully saturated rings. The Morgan fingerprint density at radius 1 is 0.471 bits per heavy atom. The molecule has 0 saturated heterocycles. The highest BCUT2D eigenvalue weighted by atomic mass is 33.5. The second-order valence-electron chi connectivity index (χ2n) is 13.8. The highest BCUT2D eigenvalue weighted by molar-refractivity contribution is 9.09. The molecule has 0 aliphatic heterocycles. The van der Waals surface area contributed by atoms with E-state index in [2.05, 4.69) is 51.6 Å². The highest BCUT2D eigenvalue weighted by Crippen LogP contribution is 2.37. The lowest BCUT2D eigenvalue weighted by Crippen LogP contribution is -2.30. The Hall–Kier alpha value is 0.960. The van der Waals surface area contributed by atoms with Crippen molar-refractivity contribution in [3.05, 3.63) is 0 Å². The van der Waals surface area contributed by atoms with Gasteiger partial charge in [-0.3, -0.25) is 9.59 Å². The molecule has 0 N–H and O–H groups in total. The molecule has 2 unspecified atom stereocenters. The molecule has 0 radical (unpaired) electrons. The topological polar surface area (TPSA) is 59.1 Å². The Morgan fingerprint density at radius 2 is 0.824 bits per heavy atom. The van der Waals surface area contributed by atoms with Crippen LogP contribution in [0.4, 0.5) is 0 Å². The largest absolute Gasteiger partial charge is 0.461 e. The van der Waals surface area contributed by atoms with E-state index in [1.54, 1.807) is 0 Å². The number of carbonyl (C=O) groups is 2. The van der Waals surface area contributed by atoms with Gasteiger partial charge in [0.25, 0.3) is 0 Å². The number of hydrogen-bond acceptors (Lipinski definition) is 12. The van der Waals surface area contributed by atoms with Crippen molar-refractivity contribution in [3.8, 4) is 0 Å². The molecular weight excluding hydrogens is 753 g/mol. The van der Waals surface area contributed by atoms with Crippen LogP contribution in [0.1, 0.15) is 163 Å². The van der Waals surface area contributed by atoms with Gasteiger partial charge in [0.1, 0.15) is 12.2 Å². The summed E-state index contributed by atoms with van der Waals surface area (Å²) in [5.74, 6) is 3.91. The van der Waals surface area contributed by atoms with Crippen molar-refractivity contribution >= 4 is 74.8 Å². The summed E-state index contributed by atoms with van der Waals surface area (Å²) >= 11 is 0. The highest BCUT2D eigenvalue weighted by Gasteiger charge is 2.16. The molecular formula is C39H78N2O4S6. The molecule has 0 aromatic heterocycles. The number of nitrogens with zero attached hydrogens (tertiary/aromatic N) is 2. The van der Waals surface area contributed by atoms with Gasteiger partial charge in [-0.25, -0.2) is 0 Å². The third-order valence-electron chi connectivity index (χ3n) is 8.84. The molecule has 0 spiro atoms. The van der Waals surface area contributed by atoms with Crippen LogP contribution in [0.15, 0.2) is 0 Å². The van der Waals surface area contributed by atoms with Crippen molar-refractivity contribution in [2.24, 2.45) is 0 Å². The summed E-state index contributed by atoms with van der Waals surface area (Å²) in [5, 5.41) is 0. The van der Waals surface area contributed by atoms with Gasteiger partial charge in [0, 0.05) is 36.1 Å². The van der Waals surface area contributed by atoms with E-state index in [4.69, 9.17) is 9.47 Å². The predicted octanol–water partition coefficient (Wildman–Crippen LogP) is 13.0. The Kier molecular flexibility index (Phi) is 41.4. The molecule has 0 aliphatic rings. The van der Waals surface area contributed by atoms with Crippen LogP contribution in [0.25, 0.3) is 0 Å². The molecule has 0 aromatic carbocycles. The summed E-state index contributed by atoms with van der Waals surface area (Å²) in [4.78, 5) is 29.4. The summed E-state index contributed by atoms with van der Waals surface area (Å²) < 4.78 is 11.6. The van der Waals surface area contributed by atoms with Gasteiger partial charge in [0.15, 0.2) is 0 Å². The number of rotatable bonds is 40. The summed E-state index contributed by atoms with van der Waals surface area (Å²) in [5.41, 5.74) is 0. The molecule has 0 amide bonds. The summed E-state index contributed by atoms with van der Waals surface area (Å²) in [6.45, 7) is 12.0. The standard InChI is InChI=1S/C39H78N2O4S6/c1-7-11-13-15-17-19-21-23-32-46-50-48-34-36(9-3)44-38(42)26-30-40(5)28-25-29-41(6)31-27-39(43)45-37(10-4)35-49-51-47-33-24-22-20-18-16-14-12-8-2/h36-37H,7-35H2,1-6H3. The zero-order valence-electron chi connectivity index (χ0n) is 33.6. The van der Waals surface area contributed by atoms with E-state index >= 15 is 0 Å². The average Bonchev–Trinajstić information content (AvgIpc) is 3.12. The molecule has 6 nitrogen and oxygen atoms in total. The van der Waals surface area contributed by atoms with Gasteiger partial charge in [-0.15, -0.1) is 0 Å². The van der Waals surface area contributed by atoms with Gasteiger partial charge in [-0.05, 0) is 78.9 Å². The van der Waals surface area contributed by atoms with Crippen molar-refractivity contribution in [2.45, 2.75) is 175 Å². The first-order valence-electron chi connectivity index (χ1n) is 20.4. The zero-order valence-corrected chi connectivity index (χ0v) is 38.5. The first-order valence-corrected chi connectivity index (χ1v) is 28.1. The molecule has 304 valence electrons. The summed E-state index contributed by atoms with van der Waals surface area (Å²) in [6.07, 6.45) is 25.3. The molecule has 0 saturated carbocycles. The van der Waals surface area contributed by atoms with E-state index in [9.17, 15) is 9.59 Å². The monoisotopic (exact) mass is 830 g/mol. The van der Waals surface area contributed by atoms with Crippen LogP contribution >= 0.6 is 62.8 Å². The fraction of sp³-hybridized carbons (Fsp3) is 0.949. The maximum atomic E-state index is 12.5. The van der Waals surface area contributed by atoms with Crippen molar-refractivity contribution in [1.29, 1.82) is 0 Å². The van der Waals surface area contributed by atoms with Gasteiger partial charge in [-0.2, -0.15) is 0 Å². The van der Waals surface area contributed by atoms with E-state index in [1.807, 2.05) is 62.8 Å². The third kappa shape index (κ3) is 37.7. The quantitative estimate of drug-likeness (QED) is 0.0336. The van der Waals surface area contributed by atoms with E-state index in [1.165, 1.54) is 114 Å². The van der Waals surface area contributed by atoms with Crippen LogP contribution < -0.4 is 0 Å². The predicted molar refractivity (Wildman–Crippen MR) is 239 cm³/mol. The maximum absolute atomic E-state index is 12.5. The fourth-order valence-electron chi connectivity index (χ4n) is 5.29. The maximum Gasteiger partial charge on any atom is 0.307 e. The number of hydrogen-bond donors (Lipinski definition) is 0. The minimum absolute atomic E-state index is 0.0111.